The zero-order valence-electron chi connectivity index (χ0n) is 19.2. The van der Waals surface area contributed by atoms with Crippen molar-refractivity contribution in [1.82, 2.24) is 25.0 Å². The average molecular weight is 472 g/mol. The van der Waals surface area contributed by atoms with E-state index in [1.54, 1.807) is 35.4 Å². The molecule has 1 saturated heterocycles. The van der Waals surface area contributed by atoms with Crippen molar-refractivity contribution in [3.63, 3.8) is 0 Å². The van der Waals surface area contributed by atoms with Gasteiger partial charge in [0.2, 0.25) is 0 Å². The molecule has 2 aromatic carbocycles. The predicted molar refractivity (Wildman–Crippen MR) is 131 cm³/mol. The third-order valence-electron chi connectivity index (χ3n) is 6.11. The lowest BCUT2D eigenvalue weighted by Crippen LogP contribution is -2.43. The number of nitrogens with one attached hydrogen (secondary N) is 1. The second-order valence-electron chi connectivity index (χ2n) is 8.34. The molecule has 2 aromatic heterocycles. The van der Waals surface area contributed by atoms with Gasteiger partial charge in [0.1, 0.15) is 11.5 Å². The Balaban J connectivity index is 1.42. The lowest BCUT2D eigenvalue weighted by Gasteiger charge is -2.35. The molecule has 1 aliphatic rings. The number of hydrogen-bond donors (Lipinski definition) is 1. The highest BCUT2D eigenvalue weighted by atomic mass is 19.1. The van der Waals surface area contributed by atoms with Crippen molar-refractivity contribution in [2.75, 3.05) is 32.8 Å². The summed E-state index contributed by atoms with van der Waals surface area (Å²) in [6.07, 6.45) is 5.13. The summed E-state index contributed by atoms with van der Waals surface area (Å²) in [4.78, 5) is 19.9. The fourth-order valence-corrected chi connectivity index (χ4v) is 4.29. The molecular formula is C27H26FN5O2. The second kappa shape index (κ2) is 10.6. The first-order chi connectivity index (χ1) is 17.2. The van der Waals surface area contributed by atoms with Crippen molar-refractivity contribution in [3.05, 3.63) is 102 Å². The average Bonchev–Trinajstić information content (AvgIpc) is 3.37. The van der Waals surface area contributed by atoms with Gasteiger partial charge in [0.05, 0.1) is 30.5 Å². The third kappa shape index (κ3) is 5.29. The molecule has 5 rings (SSSR count). The maximum Gasteiger partial charge on any atom is 0.255 e. The van der Waals surface area contributed by atoms with Crippen LogP contribution in [-0.4, -0.2) is 58.4 Å². The number of carbonyl (C=O) groups excluding carboxylic acids is 1. The quantitative estimate of drug-likeness (QED) is 0.443. The number of pyridine rings is 1. The molecule has 1 unspecified atom stereocenters. The fourth-order valence-electron chi connectivity index (χ4n) is 4.29. The zero-order valence-corrected chi connectivity index (χ0v) is 19.2. The van der Waals surface area contributed by atoms with E-state index >= 15 is 0 Å². The van der Waals surface area contributed by atoms with Gasteiger partial charge in [-0.25, -0.2) is 9.07 Å². The molecule has 1 N–H and O–H groups in total. The van der Waals surface area contributed by atoms with E-state index < -0.39 is 0 Å². The first-order valence-electron chi connectivity index (χ1n) is 11.6. The van der Waals surface area contributed by atoms with Crippen molar-refractivity contribution >= 4 is 5.91 Å². The summed E-state index contributed by atoms with van der Waals surface area (Å²) in [5, 5.41) is 7.80. The SMILES string of the molecule is O=C(NCC(c1ccc(F)cc1)N1CCOCC1)c1cn(-c2ccccc2)nc1-c1cccnc1. The van der Waals surface area contributed by atoms with Crippen LogP contribution in [0.2, 0.25) is 0 Å². The number of benzene rings is 2. The zero-order chi connectivity index (χ0) is 24.0. The van der Waals surface area contributed by atoms with Gasteiger partial charge >= 0.3 is 0 Å². The monoisotopic (exact) mass is 471 g/mol. The van der Waals surface area contributed by atoms with Crippen LogP contribution in [0, 0.1) is 5.82 Å². The number of morpholine rings is 1. The van der Waals surface area contributed by atoms with Gasteiger partial charge in [-0.3, -0.25) is 14.7 Å². The van der Waals surface area contributed by atoms with Gasteiger partial charge in [0, 0.05) is 43.8 Å². The molecule has 35 heavy (non-hydrogen) atoms. The van der Waals surface area contributed by atoms with E-state index in [0.717, 1.165) is 29.9 Å². The molecule has 0 saturated carbocycles. The number of para-hydroxylation sites is 1. The number of ether oxygens (including phenoxy) is 1. The van der Waals surface area contributed by atoms with E-state index in [2.05, 4.69) is 15.2 Å². The van der Waals surface area contributed by atoms with E-state index in [1.165, 1.54) is 12.1 Å². The molecule has 4 aromatic rings. The van der Waals surface area contributed by atoms with Crippen LogP contribution in [0.3, 0.4) is 0 Å². The maximum atomic E-state index is 13.6. The van der Waals surface area contributed by atoms with E-state index in [4.69, 9.17) is 9.84 Å². The summed E-state index contributed by atoms with van der Waals surface area (Å²) in [6.45, 7) is 3.10. The van der Waals surface area contributed by atoms with Crippen LogP contribution in [0.4, 0.5) is 4.39 Å². The molecule has 7 nitrogen and oxygen atoms in total. The Morgan fingerprint density at radius 1 is 1.03 bits per heavy atom. The smallest absolute Gasteiger partial charge is 0.255 e. The molecular weight excluding hydrogens is 445 g/mol. The van der Waals surface area contributed by atoms with Gasteiger partial charge in [-0.15, -0.1) is 0 Å². The Morgan fingerprint density at radius 3 is 2.51 bits per heavy atom. The summed E-state index contributed by atoms with van der Waals surface area (Å²) >= 11 is 0. The van der Waals surface area contributed by atoms with Crippen molar-refractivity contribution < 1.29 is 13.9 Å². The van der Waals surface area contributed by atoms with Crippen LogP contribution < -0.4 is 5.32 Å². The van der Waals surface area contributed by atoms with Crippen LogP contribution in [0.15, 0.2) is 85.3 Å². The highest BCUT2D eigenvalue weighted by molar-refractivity contribution is 5.99. The van der Waals surface area contributed by atoms with Crippen LogP contribution >= 0.6 is 0 Å². The number of halogens is 1. The lowest BCUT2D eigenvalue weighted by molar-refractivity contribution is 0.0162. The summed E-state index contributed by atoms with van der Waals surface area (Å²) in [6, 6.07) is 19.7. The van der Waals surface area contributed by atoms with Crippen LogP contribution in [0.25, 0.3) is 16.9 Å². The van der Waals surface area contributed by atoms with Gasteiger partial charge in [-0.2, -0.15) is 5.10 Å². The topological polar surface area (TPSA) is 72.3 Å². The van der Waals surface area contributed by atoms with Crippen molar-refractivity contribution in [1.29, 1.82) is 0 Å². The van der Waals surface area contributed by atoms with Crippen molar-refractivity contribution in [2.45, 2.75) is 6.04 Å². The minimum absolute atomic E-state index is 0.102. The number of amides is 1. The molecule has 0 bridgehead atoms. The number of hydrogen-bond acceptors (Lipinski definition) is 5. The lowest BCUT2D eigenvalue weighted by atomic mass is 10.0. The van der Waals surface area contributed by atoms with E-state index in [1.807, 2.05) is 42.5 Å². The Hall–Kier alpha value is -3.88. The van der Waals surface area contributed by atoms with Crippen molar-refractivity contribution in [2.24, 2.45) is 0 Å². The van der Waals surface area contributed by atoms with Crippen LogP contribution in [0.1, 0.15) is 22.0 Å². The molecule has 1 amide bonds. The highest BCUT2D eigenvalue weighted by Gasteiger charge is 2.25. The van der Waals surface area contributed by atoms with E-state index in [9.17, 15) is 9.18 Å². The van der Waals surface area contributed by atoms with E-state index in [-0.39, 0.29) is 17.8 Å². The first kappa shape index (κ1) is 22.9. The number of aromatic nitrogens is 3. The van der Waals surface area contributed by atoms with Crippen LogP contribution in [-0.2, 0) is 4.74 Å². The van der Waals surface area contributed by atoms with Gasteiger partial charge in [-0.1, -0.05) is 30.3 Å². The Bertz CT molecular complexity index is 1260. The molecule has 0 radical (unpaired) electrons. The molecule has 1 atom stereocenters. The molecule has 178 valence electrons. The van der Waals surface area contributed by atoms with E-state index in [0.29, 0.717) is 31.0 Å². The van der Waals surface area contributed by atoms with Gasteiger partial charge < -0.3 is 10.1 Å². The first-order valence-corrected chi connectivity index (χ1v) is 11.6. The summed E-state index contributed by atoms with van der Waals surface area (Å²) < 4.78 is 20.8. The highest BCUT2D eigenvalue weighted by Crippen LogP contribution is 2.25. The largest absolute Gasteiger partial charge is 0.379 e. The second-order valence-corrected chi connectivity index (χ2v) is 8.34. The standard InChI is InChI=1S/C27H26FN5O2/c28-22-10-8-20(9-11-22)25(32-13-15-35-16-14-32)18-30-27(34)24-19-33(23-6-2-1-3-7-23)31-26(24)21-5-4-12-29-17-21/h1-12,17,19,25H,13-16,18H2,(H,30,34). The Kier molecular flexibility index (Phi) is 6.92. The molecule has 1 aliphatic heterocycles. The number of nitrogens with zero attached hydrogens (tertiary/aromatic N) is 4. The van der Waals surface area contributed by atoms with Gasteiger partial charge in [-0.05, 0) is 42.0 Å². The Morgan fingerprint density at radius 2 is 1.80 bits per heavy atom. The fraction of sp³-hybridized carbons (Fsp3) is 0.222. The molecule has 0 aliphatic carbocycles. The number of carbonyl (C=O) groups is 1. The number of rotatable bonds is 7. The molecule has 8 heteroatoms. The van der Waals surface area contributed by atoms with Gasteiger partial charge in [0.15, 0.2) is 0 Å². The maximum absolute atomic E-state index is 13.6. The van der Waals surface area contributed by atoms with Crippen LogP contribution in [0.5, 0.6) is 0 Å². The summed E-state index contributed by atoms with van der Waals surface area (Å²) in [5.74, 6) is -0.514. The van der Waals surface area contributed by atoms with Gasteiger partial charge in [0.25, 0.3) is 5.91 Å². The minimum atomic E-state index is -0.284. The molecule has 3 heterocycles. The summed E-state index contributed by atoms with van der Waals surface area (Å²) in [5.41, 5.74) is 3.58. The normalized spacial score (nSPS) is 15.0. The Labute approximate surface area is 203 Å². The minimum Gasteiger partial charge on any atom is -0.379 e. The summed E-state index contributed by atoms with van der Waals surface area (Å²) in [7, 11) is 0. The molecule has 0 spiro atoms. The molecule has 1 fully saturated rings. The predicted octanol–water partition coefficient (Wildman–Crippen LogP) is 3.88. The third-order valence-corrected chi connectivity index (χ3v) is 6.11. The van der Waals surface area contributed by atoms with Crippen molar-refractivity contribution in [3.8, 4) is 16.9 Å².